The maximum Gasteiger partial charge on any atom is 0.303 e. The van der Waals surface area contributed by atoms with Crippen LogP contribution in [-0.2, 0) is 16.8 Å². The molecule has 292 valence electrons. The van der Waals surface area contributed by atoms with Crippen molar-refractivity contribution >= 4 is 44.6 Å². The van der Waals surface area contributed by atoms with Crippen LogP contribution in [0.15, 0.2) is 36.4 Å². The lowest BCUT2D eigenvalue weighted by Gasteiger charge is -2.34. The first-order valence-corrected chi connectivity index (χ1v) is 21.3. The molecule has 0 bridgehead atoms. The number of benzene rings is 2. The van der Waals surface area contributed by atoms with E-state index >= 15 is 0 Å². The number of nitrogens with zero attached hydrogens (tertiary/aromatic N) is 6. The van der Waals surface area contributed by atoms with Crippen LogP contribution in [0.3, 0.4) is 0 Å². The van der Waals surface area contributed by atoms with Gasteiger partial charge in [0.15, 0.2) is 0 Å². The number of carbonyl (C=O) groups excluding carboxylic acids is 2. The van der Waals surface area contributed by atoms with Gasteiger partial charge in [-0.25, -0.2) is 4.72 Å². The first kappa shape index (κ1) is 37.5. The Hall–Kier alpha value is -4.46. The molecule has 0 atom stereocenters. The smallest absolute Gasteiger partial charge is 0.303 e. The lowest BCUT2D eigenvalue weighted by molar-refractivity contribution is 0.0642. The highest BCUT2D eigenvalue weighted by molar-refractivity contribution is 7.87. The molecule has 12 nitrogen and oxygen atoms in total. The third kappa shape index (κ3) is 6.78. The molecular weight excluding hydrogens is 715 g/mol. The summed E-state index contributed by atoms with van der Waals surface area (Å²) in [6, 6.07) is 12.0. The number of carbonyl (C=O) groups is 2. The van der Waals surface area contributed by atoms with Crippen molar-refractivity contribution in [3.8, 4) is 17.0 Å². The number of likely N-dealkylation sites (N-methyl/N-ethyl adjacent to an activating group) is 1. The van der Waals surface area contributed by atoms with E-state index in [9.17, 15) is 18.0 Å². The number of aryl methyl sites for hydroxylation is 1. The Bertz CT molecular complexity index is 2290. The van der Waals surface area contributed by atoms with Crippen molar-refractivity contribution in [1.82, 2.24) is 33.2 Å². The van der Waals surface area contributed by atoms with E-state index in [-0.39, 0.29) is 17.5 Å². The number of piperazine rings is 1. The number of nitrogens with one attached hydrogen (secondary N) is 1. The van der Waals surface area contributed by atoms with E-state index in [4.69, 9.17) is 9.84 Å². The van der Waals surface area contributed by atoms with Crippen LogP contribution in [0.2, 0.25) is 0 Å². The van der Waals surface area contributed by atoms with E-state index in [2.05, 4.69) is 44.0 Å². The Morgan fingerprint density at radius 2 is 1.69 bits per heavy atom. The topological polar surface area (TPSA) is 122 Å². The second kappa shape index (κ2) is 14.9. The lowest BCUT2D eigenvalue weighted by atomic mass is 9.81. The molecule has 0 radical (unpaired) electrons. The predicted molar refractivity (Wildman–Crippen MR) is 216 cm³/mol. The molecule has 2 aliphatic heterocycles. The highest BCUT2D eigenvalue weighted by atomic mass is 32.2. The third-order valence-corrected chi connectivity index (χ3v) is 13.8. The number of fused-ring (bicyclic) bond motifs is 5. The Kier molecular flexibility index (Phi) is 10.1. The van der Waals surface area contributed by atoms with Gasteiger partial charge in [0.05, 0.1) is 42.3 Å². The Labute approximate surface area is 324 Å². The maximum absolute atomic E-state index is 14.7. The van der Waals surface area contributed by atoms with Gasteiger partial charge in [-0.1, -0.05) is 32.3 Å². The van der Waals surface area contributed by atoms with E-state index in [0.29, 0.717) is 31.1 Å². The van der Waals surface area contributed by atoms with Gasteiger partial charge in [-0.2, -0.15) is 17.8 Å². The monoisotopic (exact) mass is 767 g/mol. The summed E-state index contributed by atoms with van der Waals surface area (Å²) in [5.74, 6) is 0.397. The van der Waals surface area contributed by atoms with Gasteiger partial charge >= 0.3 is 10.2 Å². The molecule has 2 amide bonds. The van der Waals surface area contributed by atoms with Crippen molar-refractivity contribution in [3.05, 3.63) is 70.0 Å². The van der Waals surface area contributed by atoms with Gasteiger partial charge in [0.2, 0.25) is 0 Å². The summed E-state index contributed by atoms with van der Waals surface area (Å²) in [5, 5.41) is 6.19. The van der Waals surface area contributed by atoms with Crippen LogP contribution >= 0.6 is 0 Å². The maximum atomic E-state index is 14.7. The number of hydrogen-bond donors (Lipinski definition) is 1. The fraction of sp³-hybridized carbons (Fsp3) is 0.500. The van der Waals surface area contributed by atoms with Crippen molar-refractivity contribution < 1.29 is 22.7 Å². The Morgan fingerprint density at radius 3 is 2.35 bits per heavy atom. The highest BCUT2D eigenvalue weighted by Crippen LogP contribution is 2.48. The molecule has 3 fully saturated rings. The summed E-state index contributed by atoms with van der Waals surface area (Å²) in [5.41, 5.74) is 8.76. The summed E-state index contributed by atoms with van der Waals surface area (Å²) in [6.45, 7) is 8.55. The summed E-state index contributed by atoms with van der Waals surface area (Å²) in [6.07, 6.45) is 11.0. The van der Waals surface area contributed by atoms with E-state index in [1.165, 1.54) is 26.1 Å². The first-order chi connectivity index (χ1) is 26.5. The Morgan fingerprint density at radius 1 is 0.945 bits per heavy atom. The average Bonchev–Trinajstić information content (AvgIpc) is 3.60. The fourth-order valence-corrected chi connectivity index (χ4v) is 9.56. The molecule has 1 saturated heterocycles. The molecule has 13 heteroatoms. The van der Waals surface area contributed by atoms with Crippen LogP contribution in [0.25, 0.3) is 33.8 Å². The van der Waals surface area contributed by atoms with Crippen molar-refractivity contribution in [2.24, 2.45) is 0 Å². The van der Waals surface area contributed by atoms with Gasteiger partial charge < -0.3 is 19.1 Å². The number of amides is 2. The number of rotatable bonds is 9. The lowest BCUT2D eigenvalue weighted by Crippen LogP contribution is -2.48. The molecule has 2 saturated carbocycles. The molecule has 2 aliphatic carbocycles. The average molecular weight is 768 g/mol. The second-order valence-electron chi connectivity index (χ2n) is 15.8. The highest BCUT2D eigenvalue weighted by Gasteiger charge is 2.36. The van der Waals surface area contributed by atoms with Gasteiger partial charge in [-0.05, 0) is 105 Å². The SMILES string of the molecule is CCN1CCN(C(=O)c2c(C)nn(C3CCC3)c2C2=Cc3cc(OC)ccc3-c3c(C4CCCCC4)c4ccc(C(=O)NS(=O)(=O)N(C)C)cc4n3C2)CC1. The molecule has 2 aromatic heterocycles. The normalized spacial score (nSPS) is 18.4. The summed E-state index contributed by atoms with van der Waals surface area (Å²) in [4.78, 5) is 32.6. The van der Waals surface area contributed by atoms with Crippen LogP contribution in [0.1, 0.15) is 113 Å². The molecule has 55 heavy (non-hydrogen) atoms. The van der Waals surface area contributed by atoms with Crippen molar-refractivity contribution in [2.45, 2.75) is 83.7 Å². The van der Waals surface area contributed by atoms with Crippen molar-refractivity contribution in [3.63, 3.8) is 0 Å². The van der Waals surface area contributed by atoms with Gasteiger partial charge in [0.1, 0.15) is 5.75 Å². The third-order valence-electron chi connectivity index (χ3n) is 12.4. The van der Waals surface area contributed by atoms with E-state index < -0.39 is 16.1 Å². The van der Waals surface area contributed by atoms with Gasteiger partial charge in [-0.3, -0.25) is 14.3 Å². The molecule has 4 aromatic rings. The number of aromatic nitrogens is 3. The second-order valence-corrected chi connectivity index (χ2v) is 17.7. The van der Waals surface area contributed by atoms with Gasteiger partial charge in [0, 0.05) is 62.3 Å². The molecule has 0 unspecified atom stereocenters. The summed E-state index contributed by atoms with van der Waals surface area (Å²) in [7, 11) is 0.462. The quantitative estimate of drug-likeness (QED) is 0.208. The van der Waals surface area contributed by atoms with Crippen LogP contribution in [0, 0.1) is 6.92 Å². The minimum atomic E-state index is -4.00. The number of hydrogen-bond acceptors (Lipinski definition) is 7. The zero-order chi connectivity index (χ0) is 38.6. The standard InChI is InChI=1S/C42H53N7O5S/c1-6-46-19-21-47(22-20-46)42(51)37-27(2)43-49(32-13-10-14-32)39(37)31-23-30-24-33(54-5)16-18-34(30)40-38(28-11-8-7-9-12-28)35-17-15-29(25-36(35)48(40)26-31)41(50)44-55(52,53)45(3)4/h15-18,23-25,28,32H,6-14,19-22,26H2,1-5H3,(H,44,50). The Balaban J connectivity index is 1.35. The predicted octanol–water partition coefficient (Wildman–Crippen LogP) is 6.46. The number of methoxy groups -OCH3 is 1. The molecule has 8 rings (SSSR count). The largest absolute Gasteiger partial charge is 0.497 e. The van der Waals surface area contributed by atoms with Crippen molar-refractivity contribution in [2.75, 3.05) is 53.9 Å². The van der Waals surface area contributed by atoms with Crippen LogP contribution in [0.5, 0.6) is 5.75 Å². The summed E-state index contributed by atoms with van der Waals surface area (Å²) >= 11 is 0. The van der Waals surface area contributed by atoms with E-state index in [1.54, 1.807) is 13.2 Å². The molecule has 4 aliphatic rings. The minimum absolute atomic E-state index is 0.0198. The molecule has 1 N–H and O–H groups in total. The van der Waals surface area contributed by atoms with E-state index in [0.717, 1.165) is 119 Å². The van der Waals surface area contributed by atoms with Gasteiger partial charge in [0.25, 0.3) is 11.8 Å². The van der Waals surface area contributed by atoms with Gasteiger partial charge in [-0.15, -0.1) is 0 Å². The number of ether oxygens (including phenoxy) is 1. The minimum Gasteiger partial charge on any atom is -0.497 e. The zero-order valence-corrected chi connectivity index (χ0v) is 33.5. The molecular formula is C42H53N7O5S. The number of allylic oxidation sites excluding steroid dienone is 1. The van der Waals surface area contributed by atoms with Crippen LogP contribution in [0.4, 0.5) is 0 Å². The van der Waals surface area contributed by atoms with Crippen LogP contribution in [-0.4, -0.2) is 103 Å². The molecule has 0 spiro atoms. The first-order valence-electron chi connectivity index (χ1n) is 19.9. The zero-order valence-electron chi connectivity index (χ0n) is 32.7. The fourth-order valence-electron chi connectivity index (χ4n) is 9.03. The molecule has 2 aromatic carbocycles. The van der Waals surface area contributed by atoms with Crippen LogP contribution < -0.4 is 9.46 Å². The molecule has 4 heterocycles. The summed E-state index contributed by atoms with van der Waals surface area (Å²) < 4.78 is 38.9. The van der Waals surface area contributed by atoms with Crippen molar-refractivity contribution in [1.29, 1.82) is 0 Å². The van der Waals surface area contributed by atoms with E-state index in [1.807, 2.05) is 30.0 Å².